The van der Waals surface area contributed by atoms with Gasteiger partial charge in [0.15, 0.2) is 6.10 Å². The van der Waals surface area contributed by atoms with Gasteiger partial charge in [-0.1, -0.05) is 214 Å². The second-order valence-corrected chi connectivity index (χ2v) is 17.4. The Labute approximate surface area is 406 Å². The second kappa shape index (κ2) is 53.7. The molecular weight excluding hydrogens is 817 g/mol. The number of unbranched alkanes of at least 4 members (excludes halogenated alkanes) is 18. The second-order valence-electron chi connectivity index (χ2n) is 17.4. The van der Waals surface area contributed by atoms with Crippen molar-refractivity contribution in [2.24, 2.45) is 0 Å². The normalized spacial score (nSPS) is 13.0. The molecule has 0 bridgehead atoms. The minimum atomic E-state index is -0.815. The maximum atomic E-state index is 12.8. The van der Waals surface area contributed by atoms with Crippen LogP contribution in [0.25, 0.3) is 0 Å². The molecule has 0 aromatic carbocycles. The SMILES string of the molecule is CC/C=C\C/C=C\C/C=C\C/C=C\C/C=C\C/C=C\CCC(=O)OCC(COC(=O)CCCCCCCCC/C=C\C/C=C\CC)OC(=O)CCCCCCCCC/C=C\CCCCCC. The van der Waals surface area contributed by atoms with Crippen LogP contribution in [0.4, 0.5) is 0 Å². The Balaban J connectivity index is 4.52. The minimum absolute atomic E-state index is 0.109. The highest BCUT2D eigenvalue weighted by molar-refractivity contribution is 5.71. The molecule has 374 valence electrons. The fourth-order valence-corrected chi connectivity index (χ4v) is 7.03. The van der Waals surface area contributed by atoms with Crippen LogP contribution in [0.2, 0.25) is 0 Å². The molecule has 6 heteroatoms. The zero-order valence-electron chi connectivity index (χ0n) is 42.7. The van der Waals surface area contributed by atoms with Crippen LogP contribution in [0.15, 0.2) is 109 Å². The predicted octanol–water partition coefficient (Wildman–Crippen LogP) is 17.9. The maximum absolute atomic E-state index is 12.8. The third-order valence-corrected chi connectivity index (χ3v) is 11.0. The number of hydrogen-bond donors (Lipinski definition) is 0. The van der Waals surface area contributed by atoms with Crippen LogP contribution in [0.3, 0.4) is 0 Å². The molecule has 66 heavy (non-hydrogen) atoms. The highest BCUT2D eigenvalue weighted by Crippen LogP contribution is 2.14. The van der Waals surface area contributed by atoms with Crippen molar-refractivity contribution in [3.8, 4) is 0 Å². The number of carbonyl (C=O) groups excluding carboxylic acids is 3. The highest BCUT2D eigenvalue weighted by atomic mass is 16.6. The Morgan fingerprint density at radius 2 is 0.621 bits per heavy atom. The lowest BCUT2D eigenvalue weighted by molar-refractivity contribution is -0.166. The molecule has 0 aromatic rings. The van der Waals surface area contributed by atoms with Gasteiger partial charge in [-0.15, -0.1) is 0 Å². The van der Waals surface area contributed by atoms with Crippen LogP contribution in [0, 0.1) is 0 Å². The Kier molecular flexibility index (Phi) is 50.5. The van der Waals surface area contributed by atoms with Crippen molar-refractivity contribution in [3.05, 3.63) is 109 Å². The summed E-state index contributed by atoms with van der Waals surface area (Å²) in [5.74, 6) is -1.01. The van der Waals surface area contributed by atoms with Gasteiger partial charge in [0.05, 0.1) is 0 Å². The zero-order valence-corrected chi connectivity index (χ0v) is 42.7. The summed E-state index contributed by atoms with van der Waals surface area (Å²) in [6, 6.07) is 0. The largest absolute Gasteiger partial charge is 0.462 e. The number of carbonyl (C=O) groups is 3. The Morgan fingerprint density at radius 3 is 1.03 bits per heavy atom. The Hall–Kier alpha value is -3.93. The molecule has 0 amide bonds. The molecule has 0 fully saturated rings. The monoisotopic (exact) mass is 915 g/mol. The summed E-state index contributed by atoms with van der Waals surface area (Å²) >= 11 is 0. The molecule has 0 N–H and O–H groups in total. The number of ether oxygens (including phenoxy) is 3. The first-order chi connectivity index (χ1) is 32.5. The molecular formula is C60H98O6. The van der Waals surface area contributed by atoms with E-state index in [1.165, 1.54) is 89.9 Å². The van der Waals surface area contributed by atoms with Crippen molar-refractivity contribution in [1.82, 2.24) is 0 Å². The van der Waals surface area contributed by atoms with E-state index in [-0.39, 0.29) is 37.5 Å². The van der Waals surface area contributed by atoms with Crippen LogP contribution < -0.4 is 0 Å². The average Bonchev–Trinajstić information content (AvgIpc) is 3.31. The van der Waals surface area contributed by atoms with Gasteiger partial charge in [0.2, 0.25) is 0 Å². The van der Waals surface area contributed by atoms with E-state index < -0.39 is 6.10 Å². The van der Waals surface area contributed by atoms with Crippen molar-refractivity contribution in [2.45, 2.75) is 239 Å². The third kappa shape index (κ3) is 51.1. The van der Waals surface area contributed by atoms with E-state index in [0.29, 0.717) is 19.3 Å². The third-order valence-electron chi connectivity index (χ3n) is 11.0. The number of esters is 3. The summed E-state index contributed by atoms with van der Waals surface area (Å²) in [4.78, 5) is 38.0. The molecule has 0 aliphatic carbocycles. The van der Waals surface area contributed by atoms with E-state index in [1.807, 2.05) is 6.08 Å². The first kappa shape index (κ1) is 62.1. The van der Waals surface area contributed by atoms with E-state index in [2.05, 4.69) is 124 Å². The van der Waals surface area contributed by atoms with Gasteiger partial charge in [0.25, 0.3) is 0 Å². The molecule has 1 atom stereocenters. The molecule has 0 aliphatic heterocycles. The molecule has 0 aromatic heterocycles. The lowest BCUT2D eigenvalue weighted by atomic mass is 10.1. The number of hydrogen-bond acceptors (Lipinski definition) is 6. The molecule has 1 unspecified atom stereocenters. The van der Waals surface area contributed by atoms with Crippen molar-refractivity contribution < 1.29 is 28.6 Å². The topological polar surface area (TPSA) is 78.9 Å². The lowest BCUT2D eigenvalue weighted by Gasteiger charge is -2.18. The molecule has 0 aliphatic rings. The first-order valence-corrected chi connectivity index (χ1v) is 26.9. The van der Waals surface area contributed by atoms with Crippen LogP contribution in [0.5, 0.6) is 0 Å². The zero-order chi connectivity index (χ0) is 47.9. The van der Waals surface area contributed by atoms with Crippen LogP contribution in [-0.4, -0.2) is 37.2 Å². The Bertz CT molecular complexity index is 1370. The predicted molar refractivity (Wildman–Crippen MR) is 283 cm³/mol. The summed E-state index contributed by atoms with van der Waals surface area (Å²) in [6.45, 7) is 6.32. The number of rotatable bonds is 47. The smallest absolute Gasteiger partial charge is 0.306 e. The van der Waals surface area contributed by atoms with Crippen molar-refractivity contribution in [3.63, 3.8) is 0 Å². The van der Waals surface area contributed by atoms with Crippen LogP contribution in [0.1, 0.15) is 233 Å². The van der Waals surface area contributed by atoms with Gasteiger partial charge < -0.3 is 14.2 Å². The fourth-order valence-electron chi connectivity index (χ4n) is 7.03. The van der Waals surface area contributed by atoms with Crippen molar-refractivity contribution in [1.29, 1.82) is 0 Å². The van der Waals surface area contributed by atoms with E-state index in [9.17, 15) is 14.4 Å². The number of allylic oxidation sites excluding steroid dienone is 18. The molecule has 6 nitrogen and oxygen atoms in total. The van der Waals surface area contributed by atoms with E-state index in [4.69, 9.17) is 14.2 Å². The summed E-state index contributed by atoms with van der Waals surface area (Å²) in [5.41, 5.74) is 0. The molecule has 0 heterocycles. The van der Waals surface area contributed by atoms with Crippen LogP contribution in [-0.2, 0) is 28.6 Å². The van der Waals surface area contributed by atoms with Gasteiger partial charge in [-0.2, -0.15) is 0 Å². The fraction of sp³-hybridized carbons (Fsp3) is 0.650. The maximum Gasteiger partial charge on any atom is 0.306 e. The van der Waals surface area contributed by atoms with Gasteiger partial charge in [-0.25, -0.2) is 0 Å². The van der Waals surface area contributed by atoms with Gasteiger partial charge in [0.1, 0.15) is 13.2 Å². The van der Waals surface area contributed by atoms with Gasteiger partial charge in [-0.05, 0) is 109 Å². The molecule has 0 saturated heterocycles. The summed E-state index contributed by atoms with van der Waals surface area (Å²) < 4.78 is 16.7. The molecule has 0 spiro atoms. The van der Waals surface area contributed by atoms with Gasteiger partial charge in [-0.3, -0.25) is 14.4 Å². The standard InChI is InChI=1S/C60H98O6/c1-4-7-10-13-16-19-22-25-28-29-30-31-33-35-38-41-44-47-50-53-59(62)65-56-57(55-64-58(61)52-49-46-43-40-37-34-27-24-21-18-15-12-9-6-3)66-60(63)54-51-48-45-42-39-36-32-26-23-20-17-14-11-8-5-2/h7,9-10,12,16,18-21,23,25,28,30-31,35,38,44,47,57H,4-6,8,11,13-15,17,22,24,26-27,29,32-34,36-37,39-43,45-46,48-56H2,1-3H3/b10-7-,12-9-,19-16-,21-18-,23-20-,28-25-,31-30-,38-35-,47-44-. The summed E-state index contributed by atoms with van der Waals surface area (Å²) in [7, 11) is 0. The first-order valence-electron chi connectivity index (χ1n) is 26.9. The Morgan fingerprint density at radius 1 is 0.318 bits per heavy atom. The molecule has 0 saturated carbocycles. The van der Waals surface area contributed by atoms with Crippen LogP contribution >= 0.6 is 0 Å². The van der Waals surface area contributed by atoms with E-state index in [0.717, 1.165) is 96.3 Å². The van der Waals surface area contributed by atoms with Gasteiger partial charge in [0, 0.05) is 19.3 Å². The van der Waals surface area contributed by atoms with E-state index >= 15 is 0 Å². The van der Waals surface area contributed by atoms with E-state index in [1.54, 1.807) is 0 Å². The molecule has 0 radical (unpaired) electrons. The van der Waals surface area contributed by atoms with Crippen molar-refractivity contribution in [2.75, 3.05) is 13.2 Å². The highest BCUT2D eigenvalue weighted by Gasteiger charge is 2.19. The minimum Gasteiger partial charge on any atom is -0.462 e. The average molecular weight is 915 g/mol. The molecule has 0 rings (SSSR count). The van der Waals surface area contributed by atoms with Crippen molar-refractivity contribution >= 4 is 17.9 Å². The lowest BCUT2D eigenvalue weighted by Crippen LogP contribution is -2.30. The van der Waals surface area contributed by atoms with Gasteiger partial charge >= 0.3 is 17.9 Å². The quantitative estimate of drug-likeness (QED) is 0.0262. The summed E-state index contributed by atoms with van der Waals surface area (Å²) in [6.07, 6.45) is 72.3. The summed E-state index contributed by atoms with van der Waals surface area (Å²) in [5, 5.41) is 0.